The Morgan fingerprint density at radius 1 is 1.00 bits per heavy atom. The molecule has 0 saturated carbocycles. The summed E-state index contributed by atoms with van der Waals surface area (Å²) < 4.78 is 0. The Morgan fingerprint density at radius 3 is 2.40 bits per heavy atom. The Kier molecular flexibility index (Phi) is 3.08. The molecule has 0 radical (unpaired) electrons. The van der Waals surface area contributed by atoms with E-state index in [9.17, 15) is 9.90 Å². The number of carboxylic acid groups (broad SMARTS) is 1. The molecule has 3 aromatic rings. The minimum Gasteiger partial charge on any atom is -0.478 e. The molecule has 2 aromatic carbocycles. The Balaban J connectivity index is 2.33. The van der Waals surface area contributed by atoms with Crippen LogP contribution in [0.4, 0.5) is 0 Å². The summed E-state index contributed by atoms with van der Waals surface area (Å²) in [4.78, 5) is 11.6. The van der Waals surface area contributed by atoms with Crippen LogP contribution in [0.1, 0.15) is 10.4 Å². The number of carboxylic acids is 1. The minimum atomic E-state index is -1.03. The van der Waals surface area contributed by atoms with E-state index in [-0.39, 0.29) is 5.56 Å². The van der Waals surface area contributed by atoms with Crippen LogP contribution in [0.25, 0.3) is 22.2 Å². The number of aromatic carboxylic acids is 1. The average molecular weight is 285 g/mol. The lowest BCUT2D eigenvalue weighted by molar-refractivity contribution is 0.0699. The van der Waals surface area contributed by atoms with Crippen molar-refractivity contribution in [3.8, 4) is 11.3 Å². The van der Waals surface area contributed by atoms with Crippen molar-refractivity contribution in [1.29, 1.82) is 0 Å². The zero-order valence-electron chi connectivity index (χ0n) is 10.2. The number of hydrogen-bond acceptors (Lipinski definition) is 3. The molecule has 5 heteroatoms. The number of benzene rings is 2. The van der Waals surface area contributed by atoms with Crippen molar-refractivity contribution in [2.24, 2.45) is 0 Å². The van der Waals surface area contributed by atoms with Gasteiger partial charge in [-0.25, -0.2) is 4.79 Å². The average Bonchev–Trinajstić information content (AvgIpc) is 2.46. The number of fused-ring (bicyclic) bond motifs is 1. The van der Waals surface area contributed by atoms with Crippen LogP contribution in [0.5, 0.6) is 0 Å². The van der Waals surface area contributed by atoms with Gasteiger partial charge in [-0.05, 0) is 18.2 Å². The molecular weight excluding hydrogens is 276 g/mol. The molecule has 1 N–H and O–H groups in total. The van der Waals surface area contributed by atoms with Gasteiger partial charge in [0.2, 0.25) is 0 Å². The largest absolute Gasteiger partial charge is 0.478 e. The first-order valence-corrected chi connectivity index (χ1v) is 6.29. The summed E-state index contributed by atoms with van der Waals surface area (Å²) in [5.74, 6) is -1.03. The smallest absolute Gasteiger partial charge is 0.338 e. The maximum atomic E-state index is 11.6. The lowest BCUT2D eigenvalue weighted by Gasteiger charge is -2.07. The first kappa shape index (κ1) is 12.6. The summed E-state index contributed by atoms with van der Waals surface area (Å²) in [6.45, 7) is 0. The highest BCUT2D eigenvalue weighted by atomic mass is 35.5. The van der Waals surface area contributed by atoms with E-state index in [1.54, 1.807) is 48.5 Å². The second-order valence-electron chi connectivity index (χ2n) is 4.25. The summed E-state index contributed by atoms with van der Waals surface area (Å²) in [5, 5.41) is 18.8. The quantitative estimate of drug-likeness (QED) is 0.780. The monoisotopic (exact) mass is 284 g/mol. The number of aromatic nitrogens is 2. The summed E-state index contributed by atoms with van der Waals surface area (Å²) >= 11 is 5.84. The Bertz CT molecular complexity index is 801. The van der Waals surface area contributed by atoms with Crippen molar-refractivity contribution < 1.29 is 9.90 Å². The Morgan fingerprint density at radius 2 is 1.70 bits per heavy atom. The van der Waals surface area contributed by atoms with Gasteiger partial charge in [-0.15, -0.1) is 10.2 Å². The number of rotatable bonds is 2. The molecule has 1 aromatic heterocycles. The molecule has 0 aliphatic rings. The van der Waals surface area contributed by atoms with Gasteiger partial charge in [-0.3, -0.25) is 0 Å². The van der Waals surface area contributed by atoms with Gasteiger partial charge in [0, 0.05) is 16.0 Å². The summed E-state index contributed by atoms with van der Waals surface area (Å²) in [5.41, 5.74) is 1.72. The molecule has 0 aliphatic heterocycles. The summed E-state index contributed by atoms with van der Waals surface area (Å²) in [6.07, 6.45) is 0. The third kappa shape index (κ3) is 2.10. The molecule has 0 amide bonds. The second kappa shape index (κ2) is 4.90. The lowest BCUT2D eigenvalue weighted by atomic mass is 10.0. The third-order valence-electron chi connectivity index (χ3n) is 3.00. The third-order valence-corrected chi connectivity index (χ3v) is 3.25. The van der Waals surface area contributed by atoms with Crippen molar-refractivity contribution in [2.45, 2.75) is 0 Å². The van der Waals surface area contributed by atoms with E-state index in [0.717, 1.165) is 0 Å². The molecule has 0 bridgehead atoms. The van der Waals surface area contributed by atoms with E-state index < -0.39 is 5.97 Å². The van der Waals surface area contributed by atoms with Gasteiger partial charge in [0.1, 0.15) is 5.69 Å². The van der Waals surface area contributed by atoms with E-state index in [1.165, 1.54) is 0 Å². The van der Waals surface area contributed by atoms with Gasteiger partial charge in [-0.1, -0.05) is 41.9 Å². The van der Waals surface area contributed by atoms with Crippen molar-refractivity contribution in [1.82, 2.24) is 10.2 Å². The van der Waals surface area contributed by atoms with Crippen molar-refractivity contribution in [3.05, 3.63) is 59.1 Å². The topological polar surface area (TPSA) is 63.1 Å². The van der Waals surface area contributed by atoms with Crippen LogP contribution in [0.2, 0.25) is 5.02 Å². The predicted molar refractivity (Wildman–Crippen MR) is 76.9 cm³/mol. The zero-order chi connectivity index (χ0) is 14.1. The van der Waals surface area contributed by atoms with Gasteiger partial charge in [0.15, 0.2) is 0 Å². The Labute approximate surface area is 119 Å². The fourth-order valence-electron chi connectivity index (χ4n) is 2.08. The van der Waals surface area contributed by atoms with Crippen LogP contribution in [0.15, 0.2) is 48.5 Å². The SMILES string of the molecule is O=C(O)c1c(-c2ccc(Cl)cc2)nnc2ccccc12. The minimum absolute atomic E-state index is 0.151. The van der Waals surface area contributed by atoms with Gasteiger partial charge in [-0.2, -0.15) is 0 Å². The molecular formula is C15H9ClN2O2. The van der Waals surface area contributed by atoms with E-state index in [2.05, 4.69) is 10.2 Å². The highest BCUT2D eigenvalue weighted by molar-refractivity contribution is 6.30. The maximum absolute atomic E-state index is 11.6. The highest BCUT2D eigenvalue weighted by Crippen LogP contribution is 2.27. The van der Waals surface area contributed by atoms with E-state index >= 15 is 0 Å². The van der Waals surface area contributed by atoms with E-state index in [0.29, 0.717) is 27.2 Å². The highest BCUT2D eigenvalue weighted by Gasteiger charge is 2.18. The molecule has 0 spiro atoms. The van der Waals surface area contributed by atoms with Crippen LogP contribution in [-0.2, 0) is 0 Å². The van der Waals surface area contributed by atoms with E-state index in [1.807, 2.05) is 0 Å². The predicted octanol–water partition coefficient (Wildman–Crippen LogP) is 3.65. The Hall–Kier alpha value is -2.46. The standard InChI is InChI=1S/C15H9ClN2O2/c16-10-7-5-9(6-8-10)14-13(15(19)20)11-3-1-2-4-12(11)17-18-14/h1-8H,(H,19,20). The first-order valence-electron chi connectivity index (χ1n) is 5.91. The van der Waals surface area contributed by atoms with E-state index in [4.69, 9.17) is 11.6 Å². The van der Waals surface area contributed by atoms with Crippen molar-refractivity contribution in [3.63, 3.8) is 0 Å². The fourth-order valence-corrected chi connectivity index (χ4v) is 2.21. The van der Waals surface area contributed by atoms with Gasteiger partial charge in [0.25, 0.3) is 0 Å². The van der Waals surface area contributed by atoms with Crippen LogP contribution < -0.4 is 0 Å². The van der Waals surface area contributed by atoms with Crippen LogP contribution >= 0.6 is 11.6 Å². The second-order valence-corrected chi connectivity index (χ2v) is 4.69. The van der Waals surface area contributed by atoms with Gasteiger partial charge >= 0.3 is 5.97 Å². The van der Waals surface area contributed by atoms with Crippen molar-refractivity contribution in [2.75, 3.05) is 0 Å². The molecule has 3 rings (SSSR count). The summed E-state index contributed by atoms with van der Waals surface area (Å²) in [7, 11) is 0. The lowest BCUT2D eigenvalue weighted by Crippen LogP contribution is -2.04. The van der Waals surface area contributed by atoms with Crippen LogP contribution in [-0.4, -0.2) is 21.3 Å². The number of halogens is 1. The number of hydrogen-bond donors (Lipinski definition) is 1. The number of nitrogens with zero attached hydrogens (tertiary/aromatic N) is 2. The van der Waals surface area contributed by atoms with Crippen molar-refractivity contribution >= 4 is 28.5 Å². The molecule has 4 nitrogen and oxygen atoms in total. The molecule has 98 valence electrons. The van der Waals surface area contributed by atoms with Gasteiger partial charge < -0.3 is 5.11 Å². The van der Waals surface area contributed by atoms with Gasteiger partial charge in [0.05, 0.1) is 11.1 Å². The van der Waals surface area contributed by atoms with Crippen LogP contribution in [0.3, 0.4) is 0 Å². The molecule has 0 saturated heterocycles. The molecule has 0 fully saturated rings. The number of carbonyl (C=O) groups is 1. The molecule has 0 unspecified atom stereocenters. The summed E-state index contributed by atoms with van der Waals surface area (Å²) in [6, 6.07) is 13.9. The zero-order valence-corrected chi connectivity index (χ0v) is 11.0. The maximum Gasteiger partial charge on any atom is 0.338 e. The molecule has 0 atom stereocenters. The first-order chi connectivity index (χ1) is 9.66. The fraction of sp³-hybridized carbons (Fsp3) is 0. The van der Waals surface area contributed by atoms with Crippen LogP contribution in [0, 0.1) is 0 Å². The molecule has 0 aliphatic carbocycles. The molecule has 1 heterocycles. The molecule has 20 heavy (non-hydrogen) atoms. The normalized spacial score (nSPS) is 10.7.